The molecule has 1 amide bonds. The van der Waals surface area contributed by atoms with Crippen molar-refractivity contribution in [2.45, 2.75) is 20.3 Å². The minimum Gasteiger partial charge on any atom is -0.481 e. The van der Waals surface area contributed by atoms with E-state index in [1.54, 1.807) is 0 Å². The first kappa shape index (κ1) is 15.9. The number of halogens is 2. The fourth-order valence-electron chi connectivity index (χ4n) is 2.73. The van der Waals surface area contributed by atoms with E-state index in [0.29, 0.717) is 17.4 Å². The van der Waals surface area contributed by atoms with Crippen molar-refractivity contribution in [2.75, 3.05) is 13.1 Å². The summed E-state index contributed by atoms with van der Waals surface area (Å²) in [6, 6.07) is 4.17. The Balaban J connectivity index is 2.27. The second-order valence-corrected chi connectivity index (χ2v) is 6.63. The molecule has 0 saturated carbocycles. The van der Waals surface area contributed by atoms with Gasteiger partial charge in [-0.05, 0) is 30.5 Å². The van der Waals surface area contributed by atoms with Crippen LogP contribution in [-0.4, -0.2) is 35.0 Å². The number of carbonyl (C=O) groups excluding carboxylic acids is 1. The Morgan fingerprint density at radius 3 is 2.62 bits per heavy atom. The van der Waals surface area contributed by atoms with Crippen molar-refractivity contribution in [1.29, 1.82) is 0 Å². The highest BCUT2D eigenvalue weighted by Gasteiger charge is 2.48. The average molecular weight is 358 g/mol. The molecule has 1 aromatic rings. The highest BCUT2D eigenvalue weighted by atomic mass is 79.9. The summed E-state index contributed by atoms with van der Waals surface area (Å²) in [6.45, 7) is 4.11. The molecule has 6 heteroatoms. The number of benzene rings is 1. The second-order valence-electron chi connectivity index (χ2n) is 5.72. The third-order valence-corrected chi connectivity index (χ3v) is 4.77. The zero-order chi connectivity index (χ0) is 15.8. The maximum absolute atomic E-state index is 13.8. The number of hydrogen-bond donors (Lipinski definition) is 1. The molecule has 1 unspecified atom stereocenters. The van der Waals surface area contributed by atoms with Gasteiger partial charge in [-0.2, -0.15) is 0 Å². The Morgan fingerprint density at radius 1 is 1.43 bits per heavy atom. The van der Waals surface area contributed by atoms with Gasteiger partial charge in [-0.15, -0.1) is 0 Å². The first-order valence-electron chi connectivity index (χ1n) is 6.75. The van der Waals surface area contributed by atoms with E-state index >= 15 is 0 Å². The highest BCUT2D eigenvalue weighted by molar-refractivity contribution is 9.10. The summed E-state index contributed by atoms with van der Waals surface area (Å²) in [4.78, 5) is 25.4. The van der Waals surface area contributed by atoms with E-state index in [0.717, 1.165) is 0 Å². The Hall–Kier alpha value is -1.43. The van der Waals surface area contributed by atoms with Gasteiger partial charge in [0.2, 0.25) is 0 Å². The molecule has 114 valence electrons. The largest absolute Gasteiger partial charge is 0.481 e. The summed E-state index contributed by atoms with van der Waals surface area (Å²) in [5, 5.41) is 9.48. The normalized spacial score (nSPS) is 21.9. The number of nitrogens with zero attached hydrogens (tertiary/aromatic N) is 1. The number of likely N-dealkylation sites (tertiary alicyclic amines) is 1. The second kappa shape index (κ2) is 5.75. The van der Waals surface area contributed by atoms with E-state index in [1.165, 1.54) is 23.1 Å². The van der Waals surface area contributed by atoms with E-state index in [2.05, 4.69) is 15.9 Å². The zero-order valence-electron chi connectivity index (χ0n) is 11.9. The topological polar surface area (TPSA) is 57.6 Å². The highest BCUT2D eigenvalue weighted by Crippen LogP contribution is 2.38. The van der Waals surface area contributed by atoms with Crippen molar-refractivity contribution < 1.29 is 19.1 Å². The molecule has 1 aromatic carbocycles. The maximum atomic E-state index is 13.8. The van der Waals surface area contributed by atoms with E-state index < -0.39 is 23.1 Å². The fourth-order valence-corrected chi connectivity index (χ4v) is 3.09. The molecule has 1 atom stereocenters. The molecule has 0 aromatic heterocycles. The van der Waals surface area contributed by atoms with Gasteiger partial charge in [0.25, 0.3) is 5.91 Å². The third kappa shape index (κ3) is 2.81. The lowest BCUT2D eigenvalue weighted by Gasteiger charge is -2.28. The number of aliphatic carboxylic acids is 1. The van der Waals surface area contributed by atoms with Crippen molar-refractivity contribution >= 4 is 27.8 Å². The molecular formula is C15H17BrFNO3. The van der Waals surface area contributed by atoms with Crippen molar-refractivity contribution in [1.82, 2.24) is 4.90 Å². The Kier molecular flexibility index (Phi) is 4.37. The molecule has 0 spiro atoms. The number of amides is 1. The predicted octanol–water partition coefficient (Wildman–Crippen LogP) is 3.16. The van der Waals surface area contributed by atoms with Gasteiger partial charge >= 0.3 is 5.97 Å². The predicted molar refractivity (Wildman–Crippen MR) is 79.5 cm³/mol. The van der Waals surface area contributed by atoms with Crippen LogP contribution < -0.4 is 0 Å². The monoisotopic (exact) mass is 357 g/mol. The van der Waals surface area contributed by atoms with Gasteiger partial charge in [0, 0.05) is 17.6 Å². The number of rotatable bonds is 3. The number of hydrogen-bond acceptors (Lipinski definition) is 2. The van der Waals surface area contributed by atoms with Gasteiger partial charge in [-0.1, -0.05) is 29.8 Å². The van der Waals surface area contributed by atoms with Crippen LogP contribution in [0.2, 0.25) is 0 Å². The van der Waals surface area contributed by atoms with E-state index in [9.17, 15) is 19.1 Å². The van der Waals surface area contributed by atoms with Crippen LogP contribution in [0.1, 0.15) is 30.6 Å². The molecule has 1 heterocycles. The smallest absolute Gasteiger partial charge is 0.311 e. The van der Waals surface area contributed by atoms with Crippen LogP contribution in [0, 0.1) is 17.2 Å². The lowest BCUT2D eigenvalue weighted by atomic mass is 9.76. The minimum atomic E-state index is -0.946. The molecule has 0 radical (unpaired) electrons. The van der Waals surface area contributed by atoms with Crippen LogP contribution >= 0.6 is 15.9 Å². The molecule has 4 nitrogen and oxygen atoms in total. The maximum Gasteiger partial charge on any atom is 0.311 e. The lowest BCUT2D eigenvalue weighted by Crippen LogP contribution is -2.40. The van der Waals surface area contributed by atoms with E-state index in [4.69, 9.17) is 0 Å². The summed E-state index contributed by atoms with van der Waals surface area (Å²) in [5.74, 6) is -2.05. The van der Waals surface area contributed by atoms with Gasteiger partial charge in [0.15, 0.2) is 0 Å². The molecule has 1 N–H and O–H groups in total. The Bertz CT molecular complexity index is 590. The molecule has 1 aliphatic heterocycles. The molecule has 1 fully saturated rings. The van der Waals surface area contributed by atoms with Crippen LogP contribution in [0.4, 0.5) is 4.39 Å². The van der Waals surface area contributed by atoms with Gasteiger partial charge in [0.05, 0.1) is 11.0 Å². The van der Waals surface area contributed by atoms with Gasteiger partial charge < -0.3 is 10.0 Å². The minimum absolute atomic E-state index is 0.0330. The van der Waals surface area contributed by atoms with Gasteiger partial charge in [0.1, 0.15) is 5.82 Å². The Morgan fingerprint density at radius 2 is 2.10 bits per heavy atom. The molecule has 1 saturated heterocycles. The SMILES string of the molecule is CC(C)C1(C(=O)O)CCN(C(=O)c2cc(Br)ccc2F)C1. The van der Waals surface area contributed by atoms with Crippen LogP contribution in [-0.2, 0) is 4.79 Å². The number of carbonyl (C=O) groups is 2. The van der Waals surface area contributed by atoms with Crippen LogP contribution in [0.15, 0.2) is 22.7 Å². The van der Waals surface area contributed by atoms with E-state index in [1.807, 2.05) is 13.8 Å². The summed E-state index contributed by atoms with van der Waals surface area (Å²) in [6.07, 6.45) is 0.390. The van der Waals surface area contributed by atoms with Crippen molar-refractivity contribution in [3.8, 4) is 0 Å². The molecular weight excluding hydrogens is 341 g/mol. The van der Waals surface area contributed by atoms with Crippen LogP contribution in [0.3, 0.4) is 0 Å². The molecule has 2 rings (SSSR count). The third-order valence-electron chi connectivity index (χ3n) is 4.28. The first-order chi connectivity index (χ1) is 9.78. The standard InChI is InChI=1S/C15H17BrFNO3/c1-9(2)15(14(20)21)5-6-18(8-15)13(19)11-7-10(16)3-4-12(11)17/h3-4,7,9H,5-6,8H2,1-2H3,(H,20,21). The molecule has 0 aliphatic carbocycles. The summed E-state index contributed by atoms with van der Waals surface area (Å²) >= 11 is 3.21. The van der Waals surface area contributed by atoms with Crippen molar-refractivity contribution in [2.24, 2.45) is 11.3 Å². The lowest BCUT2D eigenvalue weighted by molar-refractivity contribution is -0.150. The molecule has 1 aliphatic rings. The first-order valence-corrected chi connectivity index (χ1v) is 7.55. The van der Waals surface area contributed by atoms with Crippen molar-refractivity contribution in [3.63, 3.8) is 0 Å². The molecule has 21 heavy (non-hydrogen) atoms. The van der Waals surface area contributed by atoms with Gasteiger partial charge in [-0.3, -0.25) is 9.59 Å². The zero-order valence-corrected chi connectivity index (χ0v) is 13.5. The molecule has 0 bridgehead atoms. The quantitative estimate of drug-likeness (QED) is 0.903. The average Bonchev–Trinajstić information content (AvgIpc) is 2.87. The Labute approximate surface area is 131 Å². The van der Waals surface area contributed by atoms with E-state index in [-0.39, 0.29) is 18.0 Å². The number of carboxylic acids is 1. The van der Waals surface area contributed by atoms with Crippen molar-refractivity contribution in [3.05, 3.63) is 34.1 Å². The summed E-state index contributed by atoms with van der Waals surface area (Å²) in [5.41, 5.74) is -0.979. The van der Waals surface area contributed by atoms with Crippen LogP contribution in [0.25, 0.3) is 0 Å². The van der Waals surface area contributed by atoms with Crippen LogP contribution in [0.5, 0.6) is 0 Å². The number of carboxylic acid groups (broad SMARTS) is 1. The fraction of sp³-hybridized carbons (Fsp3) is 0.467. The summed E-state index contributed by atoms with van der Waals surface area (Å²) in [7, 11) is 0. The van der Waals surface area contributed by atoms with Gasteiger partial charge in [-0.25, -0.2) is 4.39 Å². The summed E-state index contributed by atoms with van der Waals surface area (Å²) < 4.78 is 14.4.